The Morgan fingerprint density at radius 2 is 0.885 bits per heavy atom. The Morgan fingerprint density at radius 3 is 1.38 bits per heavy atom. The van der Waals surface area contributed by atoms with Crippen molar-refractivity contribution >= 4 is 33.0 Å². The number of para-hydroxylation sites is 2. The fourth-order valence-corrected chi connectivity index (χ4v) is 4.01. The molecular weight excluding hydrogens is 382 g/mol. The van der Waals surface area contributed by atoms with Crippen LogP contribution < -0.4 is 4.90 Å². The smallest absolute Gasteiger partial charge is 0.0540 e. The van der Waals surface area contributed by atoms with Crippen LogP contribution in [0.5, 0.6) is 0 Å². The predicted octanol–water partition coefficient (Wildman–Crippen LogP) is 7.57. The Bertz CT molecular complexity index is 1030. The number of anilines is 3. The molecular formula is C24H16BrN. The van der Waals surface area contributed by atoms with Crippen LogP contribution in [0.25, 0.3) is 22.3 Å². The van der Waals surface area contributed by atoms with Crippen molar-refractivity contribution in [3.63, 3.8) is 0 Å². The third kappa shape index (κ3) is 2.38. The van der Waals surface area contributed by atoms with E-state index >= 15 is 0 Å². The molecule has 0 amide bonds. The predicted molar refractivity (Wildman–Crippen MR) is 113 cm³/mol. The Kier molecular flexibility index (Phi) is 3.65. The lowest BCUT2D eigenvalue weighted by Crippen LogP contribution is -2.10. The van der Waals surface area contributed by atoms with Crippen LogP contribution in [0.15, 0.2) is 102 Å². The molecule has 0 bridgehead atoms. The van der Waals surface area contributed by atoms with Crippen LogP contribution >= 0.6 is 15.9 Å². The van der Waals surface area contributed by atoms with Crippen LogP contribution in [0.3, 0.4) is 0 Å². The fraction of sp³-hybridized carbons (Fsp3) is 0. The fourth-order valence-electron chi connectivity index (χ4n) is 3.74. The topological polar surface area (TPSA) is 3.24 Å². The highest BCUT2D eigenvalue weighted by molar-refractivity contribution is 9.10. The van der Waals surface area contributed by atoms with Crippen LogP contribution in [0.2, 0.25) is 0 Å². The van der Waals surface area contributed by atoms with Gasteiger partial charge in [0.25, 0.3) is 0 Å². The third-order valence-electron chi connectivity index (χ3n) is 4.88. The second-order valence-electron chi connectivity index (χ2n) is 6.39. The minimum atomic E-state index is 1.08. The first kappa shape index (κ1) is 15.4. The highest BCUT2D eigenvalue weighted by Gasteiger charge is 2.24. The van der Waals surface area contributed by atoms with Crippen LogP contribution in [-0.4, -0.2) is 0 Å². The van der Waals surface area contributed by atoms with Crippen molar-refractivity contribution in [2.75, 3.05) is 4.90 Å². The first-order chi connectivity index (χ1) is 12.8. The quantitative estimate of drug-likeness (QED) is 0.282. The molecule has 0 spiro atoms. The van der Waals surface area contributed by atoms with Crippen molar-refractivity contribution in [1.29, 1.82) is 0 Å². The van der Waals surface area contributed by atoms with E-state index in [0.717, 1.165) is 10.2 Å². The van der Waals surface area contributed by atoms with Crippen molar-refractivity contribution in [1.82, 2.24) is 0 Å². The van der Waals surface area contributed by atoms with Crippen LogP contribution in [0.1, 0.15) is 0 Å². The van der Waals surface area contributed by atoms with Gasteiger partial charge in [-0.3, -0.25) is 0 Å². The van der Waals surface area contributed by atoms with Gasteiger partial charge in [-0.2, -0.15) is 0 Å². The molecule has 0 N–H and O–H groups in total. The average Bonchev–Trinajstić information content (AvgIpc) is 2.82. The third-order valence-corrected chi connectivity index (χ3v) is 5.41. The van der Waals surface area contributed by atoms with Crippen LogP contribution in [0.4, 0.5) is 17.1 Å². The molecule has 5 rings (SSSR count). The van der Waals surface area contributed by atoms with E-state index < -0.39 is 0 Å². The lowest BCUT2D eigenvalue weighted by molar-refractivity contribution is 1.29. The summed E-state index contributed by atoms with van der Waals surface area (Å²) in [6.45, 7) is 0. The summed E-state index contributed by atoms with van der Waals surface area (Å²) in [5.41, 5.74) is 8.61. The van der Waals surface area contributed by atoms with E-state index in [1.54, 1.807) is 0 Å². The monoisotopic (exact) mass is 397 g/mol. The van der Waals surface area contributed by atoms with E-state index in [1.807, 2.05) is 0 Å². The van der Waals surface area contributed by atoms with Crippen LogP contribution in [0, 0.1) is 0 Å². The molecule has 124 valence electrons. The van der Waals surface area contributed by atoms with Crippen LogP contribution in [-0.2, 0) is 0 Å². The maximum absolute atomic E-state index is 3.55. The molecule has 0 saturated heterocycles. The minimum absolute atomic E-state index is 1.08. The van der Waals surface area contributed by atoms with E-state index in [2.05, 4.69) is 118 Å². The summed E-state index contributed by atoms with van der Waals surface area (Å²) in [5, 5.41) is 0. The molecule has 0 fully saturated rings. The zero-order valence-electron chi connectivity index (χ0n) is 14.1. The summed E-state index contributed by atoms with van der Waals surface area (Å²) in [6, 6.07) is 34.5. The second kappa shape index (κ2) is 6.15. The highest BCUT2D eigenvalue weighted by Crippen LogP contribution is 2.50. The van der Waals surface area contributed by atoms with Crippen molar-refractivity contribution in [2.45, 2.75) is 0 Å². The normalized spacial score (nSPS) is 12.0. The molecule has 26 heavy (non-hydrogen) atoms. The largest absolute Gasteiger partial charge is 0.309 e. The van der Waals surface area contributed by atoms with E-state index in [-0.39, 0.29) is 0 Å². The zero-order chi connectivity index (χ0) is 17.5. The van der Waals surface area contributed by atoms with Gasteiger partial charge in [0.1, 0.15) is 0 Å². The zero-order valence-corrected chi connectivity index (χ0v) is 15.6. The first-order valence-electron chi connectivity index (χ1n) is 8.66. The number of rotatable bonds is 1. The molecule has 4 aromatic carbocycles. The number of fused-ring (bicyclic) bond motifs is 5. The second-order valence-corrected chi connectivity index (χ2v) is 7.31. The first-order valence-corrected chi connectivity index (χ1v) is 9.46. The molecule has 0 radical (unpaired) electrons. The summed E-state index contributed by atoms with van der Waals surface area (Å²) in [5.74, 6) is 0. The molecule has 4 aromatic rings. The van der Waals surface area contributed by atoms with Gasteiger partial charge in [-0.25, -0.2) is 0 Å². The number of hydrogen-bond acceptors (Lipinski definition) is 1. The average molecular weight is 398 g/mol. The number of halogens is 1. The Morgan fingerprint density at radius 1 is 0.462 bits per heavy atom. The van der Waals surface area contributed by atoms with E-state index in [9.17, 15) is 0 Å². The number of hydrogen-bond donors (Lipinski definition) is 0. The summed E-state index contributed by atoms with van der Waals surface area (Å²) in [4.78, 5) is 2.36. The molecule has 1 nitrogen and oxygen atoms in total. The van der Waals surface area contributed by atoms with Gasteiger partial charge < -0.3 is 4.90 Å². The standard InChI is InChI=1S/C24H16BrN/c25-17-13-15-18(16-14-17)26-23-11-5-3-9-21(23)19-7-1-2-8-20(19)22-10-4-6-12-24(22)26/h1-16H. The van der Waals surface area contributed by atoms with E-state index in [1.165, 1.54) is 33.6 Å². The van der Waals surface area contributed by atoms with Gasteiger partial charge in [-0.1, -0.05) is 76.6 Å². The molecule has 0 unspecified atom stereocenters. The molecule has 2 heteroatoms. The maximum atomic E-state index is 3.55. The van der Waals surface area contributed by atoms with Gasteiger partial charge in [0.05, 0.1) is 11.4 Å². The van der Waals surface area contributed by atoms with Crippen molar-refractivity contribution < 1.29 is 0 Å². The van der Waals surface area contributed by atoms with Crippen molar-refractivity contribution in [2.24, 2.45) is 0 Å². The minimum Gasteiger partial charge on any atom is -0.309 e. The highest BCUT2D eigenvalue weighted by atomic mass is 79.9. The van der Waals surface area contributed by atoms with Gasteiger partial charge >= 0.3 is 0 Å². The van der Waals surface area contributed by atoms with Gasteiger partial charge in [-0.05, 0) is 47.5 Å². The molecule has 1 aliphatic rings. The summed E-state index contributed by atoms with van der Waals surface area (Å²) < 4.78 is 1.08. The maximum Gasteiger partial charge on any atom is 0.0540 e. The molecule has 0 atom stereocenters. The van der Waals surface area contributed by atoms with Crippen molar-refractivity contribution in [3.8, 4) is 22.3 Å². The van der Waals surface area contributed by atoms with Gasteiger partial charge in [0.15, 0.2) is 0 Å². The van der Waals surface area contributed by atoms with E-state index in [0.29, 0.717) is 0 Å². The Labute approximate surface area is 161 Å². The van der Waals surface area contributed by atoms with Crippen molar-refractivity contribution in [3.05, 3.63) is 102 Å². The van der Waals surface area contributed by atoms with Gasteiger partial charge in [0.2, 0.25) is 0 Å². The summed E-state index contributed by atoms with van der Waals surface area (Å²) in [7, 11) is 0. The lowest BCUT2D eigenvalue weighted by Gasteiger charge is -2.27. The molecule has 0 aromatic heterocycles. The molecule has 1 aliphatic heterocycles. The number of nitrogens with zero attached hydrogens (tertiary/aromatic N) is 1. The number of benzene rings is 4. The molecule has 1 heterocycles. The molecule has 0 aliphatic carbocycles. The molecule has 0 saturated carbocycles. The van der Waals surface area contributed by atoms with Gasteiger partial charge in [0, 0.05) is 21.3 Å². The van der Waals surface area contributed by atoms with E-state index in [4.69, 9.17) is 0 Å². The summed E-state index contributed by atoms with van der Waals surface area (Å²) >= 11 is 3.55. The lowest BCUT2D eigenvalue weighted by atomic mass is 9.95. The summed E-state index contributed by atoms with van der Waals surface area (Å²) in [6.07, 6.45) is 0. The SMILES string of the molecule is Brc1ccc(N2c3ccccc3-c3ccccc3-c3ccccc32)cc1. The Balaban J connectivity index is 1.89. The van der Waals surface area contributed by atoms with Gasteiger partial charge in [-0.15, -0.1) is 0 Å². The Hall–Kier alpha value is -2.84.